The Bertz CT molecular complexity index is 292. The van der Waals surface area contributed by atoms with Crippen LogP contribution < -0.4 is 9.64 Å². The minimum atomic E-state index is 0.256. The summed E-state index contributed by atoms with van der Waals surface area (Å²) in [7, 11) is 0. The van der Waals surface area contributed by atoms with Gasteiger partial charge in [-0.05, 0) is 37.6 Å². The van der Waals surface area contributed by atoms with E-state index >= 15 is 0 Å². The second-order valence-corrected chi connectivity index (χ2v) is 4.23. The first-order valence-electron chi connectivity index (χ1n) is 6.46. The molecule has 0 bridgehead atoms. The third-order valence-electron chi connectivity index (χ3n) is 2.76. The van der Waals surface area contributed by atoms with Gasteiger partial charge in [-0.2, -0.15) is 0 Å². The molecule has 0 saturated heterocycles. The molecule has 0 heterocycles. The largest absolute Gasteiger partial charge is 0.494 e. The number of aliphatic hydroxyl groups is 1. The number of aliphatic hydroxyl groups excluding tert-OH is 1. The first-order chi connectivity index (χ1) is 8.30. The topological polar surface area (TPSA) is 33.9 Å². The molecule has 3 nitrogen and oxygen atoms in total. The Labute approximate surface area is 104 Å². The molecule has 1 atom stereocenters. The quantitative estimate of drug-likeness (QED) is 0.705. The molecular formula is C14H24NO2+. The molecule has 0 aliphatic rings. The van der Waals surface area contributed by atoms with E-state index in [0.717, 1.165) is 31.8 Å². The Morgan fingerprint density at radius 2 is 1.82 bits per heavy atom. The summed E-state index contributed by atoms with van der Waals surface area (Å²) in [6, 6.07) is 8.25. The molecule has 2 N–H and O–H groups in total. The van der Waals surface area contributed by atoms with Gasteiger partial charge >= 0.3 is 0 Å². The normalized spacial score (nSPS) is 12.4. The van der Waals surface area contributed by atoms with Crippen LogP contribution in [0.15, 0.2) is 24.3 Å². The summed E-state index contributed by atoms with van der Waals surface area (Å²) in [6.45, 7) is 8.02. The summed E-state index contributed by atoms with van der Waals surface area (Å²) >= 11 is 0. The summed E-state index contributed by atoms with van der Waals surface area (Å²) in [5.41, 5.74) is 1.30. The average Bonchev–Trinajstić information content (AvgIpc) is 2.33. The Morgan fingerprint density at radius 3 is 2.35 bits per heavy atom. The predicted molar refractivity (Wildman–Crippen MR) is 69.4 cm³/mol. The molecule has 1 aromatic rings. The van der Waals surface area contributed by atoms with Crippen LogP contribution in [0.3, 0.4) is 0 Å². The van der Waals surface area contributed by atoms with E-state index in [-0.39, 0.29) is 6.61 Å². The zero-order valence-electron chi connectivity index (χ0n) is 10.9. The van der Waals surface area contributed by atoms with Gasteiger partial charge in [-0.3, -0.25) is 0 Å². The molecule has 0 amide bonds. The molecule has 0 aliphatic heterocycles. The second-order valence-electron chi connectivity index (χ2n) is 4.23. The van der Waals surface area contributed by atoms with Gasteiger partial charge in [0.05, 0.1) is 19.8 Å². The SMILES string of the molecule is CCC[NH+](CCO)Cc1ccc(OCC)cc1. The van der Waals surface area contributed by atoms with E-state index in [4.69, 9.17) is 9.84 Å². The van der Waals surface area contributed by atoms with Gasteiger partial charge in [-0.15, -0.1) is 0 Å². The van der Waals surface area contributed by atoms with Crippen molar-refractivity contribution in [3.63, 3.8) is 0 Å². The third-order valence-corrected chi connectivity index (χ3v) is 2.76. The number of ether oxygens (including phenoxy) is 1. The monoisotopic (exact) mass is 238 g/mol. The number of hydrogen-bond donors (Lipinski definition) is 2. The van der Waals surface area contributed by atoms with E-state index in [0.29, 0.717) is 6.61 Å². The van der Waals surface area contributed by atoms with Crippen LogP contribution in [0.1, 0.15) is 25.8 Å². The molecule has 96 valence electrons. The highest BCUT2D eigenvalue weighted by Crippen LogP contribution is 2.11. The molecule has 0 spiro atoms. The Balaban J connectivity index is 2.53. The lowest BCUT2D eigenvalue weighted by Gasteiger charge is -2.17. The predicted octanol–water partition coefficient (Wildman–Crippen LogP) is 0.873. The number of quaternary nitrogens is 1. The highest BCUT2D eigenvalue weighted by Gasteiger charge is 2.07. The number of nitrogens with one attached hydrogen (secondary N) is 1. The number of benzene rings is 1. The highest BCUT2D eigenvalue weighted by atomic mass is 16.5. The van der Waals surface area contributed by atoms with Crippen LogP contribution >= 0.6 is 0 Å². The summed E-state index contributed by atoms with van der Waals surface area (Å²) in [4.78, 5) is 1.43. The van der Waals surface area contributed by atoms with Gasteiger partial charge in [0.1, 0.15) is 18.8 Å². The summed E-state index contributed by atoms with van der Waals surface area (Å²) in [6.07, 6.45) is 1.15. The molecular weight excluding hydrogens is 214 g/mol. The number of rotatable bonds is 8. The second kappa shape index (κ2) is 8.09. The van der Waals surface area contributed by atoms with Gasteiger partial charge in [-0.1, -0.05) is 6.92 Å². The fraction of sp³-hybridized carbons (Fsp3) is 0.571. The van der Waals surface area contributed by atoms with Crippen molar-refractivity contribution in [1.82, 2.24) is 0 Å². The minimum Gasteiger partial charge on any atom is -0.494 e. The molecule has 0 saturated carbocycles. The van der Waals surface area contributed by atoms with Crippen molar-refractivity contribution in [3.8, 4) is 5.75 Å². The molecule has 0 aromatic heterocycles. The van der Waals surface area contributed by atoms with E-state index in [1.165, 1.54) is 10.5 Å². The van der Waals surface area contributed by atoms with Crippen LogP contribution in [0.25, 0.3) is 0 Å². The maximum absolute atomic E-state index is 9.01. The lowest BCUT2D eigenvalue weighted by Crippen LogP contribution is -3.11. The maximum atomic E-state index is 9.01. The van der Waals surface area contributed by atoms with E-state index in [1.54, 1.807) is 0 Å². The Kier molecular flexibility index (Phi) is 6.67. The van der Waals surface area contributed by atoms with Crippen LogP contribution in [-0.4, -0.2) is 31.4 Å². The Morgan fingerprint density at radius 1 is 1.12 bits per heavy atom. The van der Waals surface area contributed by atoms with Gasteiger partial charge in [0.25, 0.3) is 0 Å². The fourth-order valence-electron chi connectivity index (χ4n) is 1.97. The van der Waals surface area contributed by atoms with E-state index in [1.807, 2.05) is 19.1 Å². The van der Waals surface area contributed by atoms with Gasteiger partial charge in [0, 0.05) is 5.56 Å². The molecule has 0 radical (unpaired) electrons. The van der Waals surface area contributed by atoms with Crippen molar-refractivity contribution in [3.05, 3.63) is 29.8 Å². The van der Waals surface area contributed by atoms with Crippen LogP contribution in [-0.2, 0) is 6.54 Å². The smallest absolute Gasteiger partial charge is 0.119 e. The van der Waals surface area contributed by atoms with Crippen molar-refractivity contribution in [1.29, 1.82) is 0 Å². The standard InChI is InChI=1S/C14H23NO2/c1-3-9-15(10-11-16)12-13-5-7-14(8-6-13)17-4-2/h5-8,16H,3-4,9-12H2,1-2H3/p+1. The molecule has 0 aliphatic carbocycles. The first-order valence-corrected chi connectivity index (χ1v) is 6.46. The van der Waals surface area contributed by atoms with Crippen LogP contribution in [0.5, 0.6) is 5.75 Å². The maximum Gasteiger partial charge on any atom is 0.119 e. The van der Waals surface area contributed by atoms with Gasteiger partial charge in [0.15, 0.2) is 0 Å². The van der Waals surface area contributed by atoms with E-state index in [2.05, 4.69) is 19.1 Å². The fourth-order valence-corrected chi connectivity index (χ4v) is 1.97. The number of hydrogen-bond acceptors (Lipinski definition) is 2. The third kappa shape index (κ3) is 5.20. The zero-order valence-corrected chi connectivity index (χ0v) is 10.9. The summed E-state index contributed by atoms with van der Waals surface area (Å²) in [5, 5.41) is 9.01. The molecule has 3 heteroatoms. The van der Waals surface area contributed by atoms with Crippen molar-refractivity contribution < 1.29 is 14.7 Å². The van der Waals surface area contributed by atoms with Crippen molar-refractivity contribution in [2.75, 3.05) is 26.3 Å². The van der Waals surface area contributed by atoms with Crippen molar-refractivity contribution in [2.24, 2.45) is 0 Å². The van der Waals surface area contributed by atoms with Crippen molar-refractivity contribution >= 4 is 0 Å². The van der Waals surface area contributed by atoms with E-state index in [9.17, 15) is 0 Å². The lowest BCUT2D eigenvalue weighted by molar-refractivity contribution is -0.914. The molecule has 1 rings (SSSR count). The van der Waals surface area contributed by atoms with Crippen LogP contribution in [0.4, 0.5) is 0 Å². The summed E-state index contributed by atoms with van der Waals surface area (Å²) < 4.78 is 5.41. The van der Waals surface area contributed by atoms with E-state index < -0.39 is 0 Å². The molecule has 17 heavy (non-hydrogen) atoms. The lowest BCUT2D eigenvalue weighted by atomic mass is 10.2. The Hall–Kier alpha value is -1.06. The zero-order chi connectivity index (χ0) is 12.5. The first kappa shape index (κ1) is 14.0. The molecule has 0 fully saturated rings. The van der Waals surface area contributed by atoms with Gasteiger partial charge < -0.3 is 14.7 Å². The average molecular weight is 238 g/mol. The molecule has 1 unspecified atom stereocenters. The van der Waals surface area contributed by atoms with Crippen LogP contribution in [0.2, 0.25) is 0 Å². The molecule has 1 aromatic carbocycles. The minimum absolute atomic E-state index is 0.256. The van der Waals surface area contributed by atoms with Gasteiger partial charge in [-0.25, -0.2) is 0 Å². The summed E-state index contributed by atoms with van der Waals surface area (Å²) in [5.74, 6) is 0.926. The van der Waals surface area contributed by atoms with Crippen LogP contribution in [0, 0.1) is 0 Å². The van der Waals surface area contributed by atoms with Gasteiger partial charge in [0.2, 0.25) is 0 Å². The van der Waals surface area contributed by atoms with Crippen molar-refractivity contribution in [2.45, 2.75) is 26.8 Å². The highest BCUT2D eigenvalue weighted by molar-refractivity contribution is 5.26.